The van der Waals surface area contributed by atoms with Crippen LogP contribution in [-0.4, -0.2) is 75.0 Å². The highest BCUT2D eigenvalue weighted by molar-refractivity contribution is 6.74. The summed E-state index contributed by atoms with van der Waals surface area (Å²) in [5.74, 6) is 1.21. The Labute approximate surface area is 266 Å². The number of rotatable bonds is 14. The monoisotopic (exact) mass is 643 g/mol. The Balaban J connectivity index is 1.25. The molecule has 0 bridgehead atoms. The number of imidazole rings is 1. The molecule has 1 aliphatic carbocycles. The topological polar surface area (TPSA) is 74.5 Å². The Hall–Kier alpha value is -3.02. The predicted octanol–water partition coefficient (Wildman–Crippen LogP) is 7.71. The number of nitrogens with zero attached hydrogens (tertiary/aromatic N) is 3. The van der Waals surface area contributed by atoms with Crippen molar-refractivity contribution in [3.8, 4) is 28.5 Å². The maximum Gasteiger partial charge on any atom is 0.387 e. The first kappa shape index (κ1) is 33.3. The smallest absolute Gasteiger partial charge is 0.387 e. The molecule has 1 aromatic carbocycles. The highest BCUT2D eigenvalue weighted by Crippen LogP contribution is 2.41. The van der Waals surface area contributed by atoms with Gasteiger partial charge in [0.15, 0.2) is 14.1 Å². The van der Waals surface area contributed by atoms with Crippen LogP contribution in [0.4, 0.5) is 8.78 Å². The van der Waals surface area contributed by atoms with Gasteiger partial charge in [-0.05, 0) is 74.5 Å². The minimum Gasteiger partial charge on any atom is -0.496 e. The standard InChI is InChI=1S/C34H47F2N3O5Si/c1-34(2,3)45(5,6)43-15-14-38-12-7-8-24(21-38)22-42-26-11-13-39-27(20-37-31(39)19-26)25-17-29(41-4)32(28(40)16-23-9-10-23)30(18-25)44-33(35)36/h11,13,17-20,23-24,33H,7-10,12,14-16,21-22H2,1-6H3/t24-/m1/s1. The minimum atomic E-state index is -3.08. The summed E-state index contributed by atoms with van der Waals surface area (Å²) in [6.45, 7) is 12.7. The second-order valence-electron chi connectivity index (χ2n) is 14.0. The molecule has 3 heterocycles. The lowest BCUT2D eigenvalue weighted by Crippen LogP contribution is -2.44. The van der Waals surface area contributed by atoms with Crippen molar-refractivity contribution in [1.29, 1.82) is 0 Å². The fourth-order valence-electron chi connectivity index (χ4n) is 5.66. The van der Waals surface area contributed by atoms with Gasteiger partial charge in [-0.15, -0.1) is 0 Å². The van der Waals surface area contributed by atoms with Gasteiger partial charge in [-0.25, -0.2) is 4.98 Å². The summed E-state index contributed by atoms with van der Waals surface area (Å²) in [6, 6.07) is 6.90. The van der Waals surface area contributed by atoms with E-state index in [2.05, 4.69) is 43.7 Å². The summed E-state index contributed by atoms with van der Waals surface area (Å²) >= 11 is 0. The summed E-state index contributed by atoms with van der Waals surface area (Å²) in [5, 5.41) is 0.209. The maximum absolute atomic E-state index is 13.4. The number of fused-ring (bicyclic) bond motifs is 1. The third-order valence-corrected chi connectivity index (χ3v) is 14.0. The van der Waals surface area contributed by atoms with Gasteiger partial charge in [0.2, 0.25) is 0 Å². The number of hydrogen-bond acceptors (Lipinski definition) is 7. The van der Waals surface area contributed by atoms with Crippen molar-refractivity contribution < 1.29 is 32.2 Å². The number of benzene rings is 1. The number of hydrogen-bond donors (Lipinski definition) is 0. The van der Waals surface area contributed by atoms with Crippen molar-refractivity contribution >= 4 is 19.7 Å². The van der Waals surface area contributed by atoms with Gasteiger partial charge in [0.25, 0.3) is 0 Å². The summed E-state index contributed by atoms with van der Waals surface area (Å²) in [4.78, 5) is 20.0. The maximum atomic E-state index is 13.4. The number of aromatic nitrogens is 2. The van der Waals surface area contributed by atoms with Crippen LogP contribution in [0.2, 0.25) is 18.1 Å². The van der Waals surface area contributed by atoms with E-state index in [1.54, 1.807) is 12.3 Å². The number of alkyl halides is 2. The predicted molar refractivity (Wildman–Crippen MR) is 173 cm³/mol. The number of ether oxygens (including phenoxy) is 3. The molecule has 1 saturated carbocycles. The Morgan fingerprint density at radius 2 is 1.87 bits per heavy atom. The van der Waals surface area contributed by atoms with Crippen molar-refractivity contribution in [2.45, 2.75) is 77.6 Å². The molecular formula is C34H47F2N3O5Si. The lowest BCUT2D eigenvalue weighted by Gasteiger charge is -2.38. The first-order valence-corrected chi connectivity index (χ1v) is 18.9. The number of Topliss-reactive ketones (excluding diaryl/α,β-unsaturated/α-hetero) is 1. The van der Waals surface area contributed by atoms with Crippen LogP contribution >= 0.6 is 0 Å². The first-order valence-electron chi connectivity index (χ1n) is 16.0. The van der Waals surface area contributed by atoms with E-state index in [-0.39, 0.29) is 34.3 Å². The molecule has 0 N–H and O–H groups in total. The molecule has 0 radical (unpaired) electrons. The van der Waals surface area contributed by atoms with Crippen LogP contribution in [0.1, 0.15) is 63.2 Å². The quantitative estimate of drug-likeness (QED) is 0.132. The minimum absolute atomic E-state index is 0.0577. The Morgan fingerprint density at radius 1 is 1.11 bits per heavy atom. The average molecular weight is 644 g/mol. The van der Waals surface area contributed by atoms with Gasteiger partial charge in [0.1, 0.15) is 28.5 Å². The number of likely N-dealkylation sites (tertiary alicyclic amines) is 1. The average Bonchev–Trinajstić information content (AvgIpc) is 3.69. The van der Waals surface area contributed by atoms with E-state index in [0.29, 0.717) is 35.3 Å². The van der Waals surface area contributed by atoms with Crippen molar-refractivity contribution in [2.24, 2.45) is 11.8 Å². The molecule has 0 spiro atoms. The van der Waals surface area contributed by atoms with Crippen LogP contribution in [0.15, 0.2) is 36.7 Å². The number of piperidine rings is 1. The van der Waals surface area contributed by atoms with E-state index in [1.165, 1.54) is 13.2 Å². The molecule has 0 amide bonds. The van der Waals surface area contributed by atoms with Gasteiger partial charge in [-0.2, -0.15) is 8.78 Å². The van der Waals surface area contributed by atoms with Crippen molar-refractivity contribution in [3.63, 3.8) is 0 Å². The van der Waals surface area contributed by atoms with Gasteiger partial charge < -0.3 is 23.5 Å². The zero-order chi connectivity index (χ0) is 32.4. The van der Waals surface area contributed by atoms with Crippen LogP contribution in [-0.2, 0) is 4.43 Å². The van der Waals surface area contributed by atoms with E-state index >= 15 is 0 Å². The van der Waals surface area contributed by atoms with Gasteiger partial charge >= 0.3 is 6.61 Å². The van der Waals surface area contributed by atoms with E-state index in [1.807, 2.05) is 22.7 Å². The summed E-state index contributed by atoms with van der Waals surface area (Å²) < 4.78 is 51.6. The van der Waals surface area contributed by atoms with Gasteiger partial charge in [0, 0.05) is 49.9 Å². The largest absolute Gasteiger partial charge is 0.496 e. The lowest BCUT2D eigenvalue weighted by atomic mass is 9.99. The summed E-state index contributed by atoms with van der Waals surface area (Å²) in [6.07, 6.45) is 8.01. The molecule has 2 fully saturated rings. The molecule has 2 aliphatic rings. The van der Waals surface area contributed by atoms with Crippen LogP contribution in [0, 0.1) is 11.8 Å². The lowest BCUT2D eigenvalue weighted by molar-refractivity contribution is -0.0502. The number of halogens is 2. The highest BCUT2D eigenvalue weighted by Gasteiger charge is 2.37. The van der Waals surface area contributed by atoms with Crippen molar-refractivity contribution in [3.05, 3.63) is 42.2 Å². The van der Waals surface area contributed by atoms with E-state index in [0.717, 1.165) is 57.7 Å². The number of carbonyl (C=O) groups excluding carboxylic acids is 1. The molecule has 45 heavy (non-hydrogen) atoms. The summed E-state index contributed by atoms with van der Waals surface area (Å²) in [5.41, 5.74) is 1.91. The molecule has 1 saturated heterocycles. The number of methoxy groups -OCH3 is 1. The fraction of sp³-hybridized carbons (Fsp3) is 0.588. The zero-order valence-electron chi connectivity index (χ0n) is 27.4. The molecule has 3 aromatic rings. The highest BCUT2D eigenvalue weighted by atomic mass is 28.4. The van der Waals surface area contributed by atoms with Crippen LogP contribution in [0.5, 0.6) is 17.2 Å². The second kappa shape index (κ2) is 13.8. The summed E-state index contributed by atoms with van der Waals surface area (Å²) in [7, 11) is -0.326. The Kier molecular flexibility index (Phi) is 10.2. The molecule has 2 aromatic heterocycles. The van der Waals surface area contributed by atoms with Gasteiger partial charge in [-0.1, -0.05) is 20.8 Å². The van der Waals surface area contributed by atoms with Crippen molar-refractivity contribution in [1.82, 2.24) is 14.3 Å². The molecule has 8 nitrogen and oxygen atoms in total. The molecular weight excluding hydrogens is 596 g/mol. The third-order valence-electron chi connectivity index (χ3n) is 9.50. The number of carbonyl (C=O) groups is 1. The zero-order valence-corrected chi connectivity index (χ0v) is 28.4. The van der Waals surface area contributed by atoms with Crippen molar-refractivity contribution in [2.75, 3.05) is 40.0 Å². The Bertz CT molecular complexity index is 1480. The van der Waals surface area contributed by atoms with Crippen LogP contribution in [0.3, 0.4) is 0 Å². The van der Waals surface area contributed by atoms with Gasteiger partial charge in [-0.3, -0.25) is 9.20 Å². The third kappa shape index (κ3) is 8.23. The Morgan fingerprint density at radius 3 is 2.56 bits per heavy atom. The number of ketones is 1. The SMILES string of the molecule is COc1cc(-c2cnc3cc(OC[C@@H]4CCCN(CCO[Si](C)(C)C(C)(C)C)C4)ccn23)cc(OC(F)F)c1C(=O)CC1CC1. The van der Waals surface area contributed by atoms with Crippen LogP contribution in [0.25, 0.3) is 16.9 Å². The van der Waals surface area contributed by atoms with E-state index in [4.69, 9.17) is 18.6 Å². The molecule has 1 aliphatic heterocycles. The van der Waals surface area contributed by atoms with Gasteiger partial charge in [0.05, 0.1) is 25.6 Å². The number of pyridine rings is 1. The molecule has 1 atom stereocenters. The molecule has 5 rings (SSSR count). The second-order valence-corrected chi connectivity index (χ2v) is 18.8. The normalized spacial score (nSPS) is 18.0. The van der Waals surface area contributed by atoms with Crippen LogP contribution < -0.4 is 14.2 Å². The first-order chi connectivity index (χ1) is 21.3. The van der Waals surface area contributed by atoms with E-state index in [9.17, 15) is 13.6 Å². The fourth-order valence-corrected chi connectivity index (χ4v) is 6.70. The molecule has 11 heteroatoms. The molecule has 246 valence electrons. The van der Waals surface area contributed by atoms with E-state index < -0.39 is 14.9 Å². The molecule has 0 unspecified atom stereocenters.